The maximum atomic E-state index is 10.5. The zero-order chi connectivity index (χ0) is 10.3. The van der Waals surface area contributed by atoms with Crippen molar-refractivity contribution >= 4 is 11.9 Å². The highest BCUT2D eigenvalue weighted by molar-refractivity contribution is 5.77. The van der Waals surface area contributed by atoms with Crippen LogP contribution in [0.25, 0.3) is 0 Å². The van der Waals surface area contributed by atoms with Crippen LogP contribution in [0, 0.1) is 0 Å². The second-order valence-electron chi connectivity index (χ2n) is 2.35. The second-order valence-corrected chi connectivity index (χ2v) is 2.35. The van der Waals surface area contributed by atoms with Gasteiger partial charge in [-0.2, -0.15) is 0 Å². The Morgan fingerprint density at radius 3 is 2.83 bits per heavy atom. The smallest absolute Gasteiger partial charge is 0.320 e. The van der Waals surface area contributed by atoms with Crippen LogP contribution < -0.4 is 11.1 Å². The average Bonchev–Trinajstić information content (AvgIpc) is 2.03. The number of carbonyl (C=O) groups is 2. The number of carboxylic acids is 1. The number of hydrogen-bond acceptors (Lipinski definition) is 3. The number of hydrogen-bond donors (Lipinski definition) is 3. The molecule has 0 radical (unpaired) electrons. The quantitative estimate of drug-likeness (QED) is 0.498. The summed E-state index contributed by atoms with van der Waals surface area (Å²) in [4.78, 5) is 20.9. The van der Waals surface area contributed by atoms with Gasteiger partial charge in [0.05, 0.1) is 0 Å². The van der Waals surface area contributed by atoms with Gasteiger partial charge in [-0.25, -0.2) is 0 Å². The summed E-state index contributed by atoms with van der Waals surface area (Å²) in [5.41, 5.74) is 4.87. The fourth-order valence-corrected chi connectivity index (χ4v) is 0.774. The molecular formula is C7H14N2O3. The minimum absolute atomic E-state index is 0.0436. The van der Waals surface area contributed by atoms with E-state index in [1.807, 2.05) is 0 Å². The molecule has 0 saturated heterocycles. The van der Waals surface area contributed by atoms with E-state index in [1.54, 1.807) is 0 Å². The van der Waals surface area contributed by atoms with E-state index in [-0.39, 0.29) is 19.7 Å². The first kappa shape index (κ1) is 8.99. The number of carbonyl (C=O) groups excluding carboxylic acids is 1. The highest BCUT2D eigenvalue weighted by atomic mass is 16.4. The molecule has 0 aromatic carbocycles. The highest BCUT2D eigenvalue weighted by Crippen LogP contribution is 1.96. The molecule has 0 aromatic heterocycles. The molecule has 5 nitrogen and oxygen atoms in total. The Kier molecular flexibility index (Phi) is 4.15. The third-order valence-electron chi connectivity index (χ3n) is 1.37. The van der Waals surface area contributed by atoms with E-state index in [9.17, 15) is 9.59 Å². The predicted octanol–water partition coefficient (Wildman–Crippen LogP) is -0.685. The molecule has 12 heavy (non-hydrogen) atoms. The summed E-state index contributed by atoms with van der Waals surface area (Å²) >= 11 is 0. The minimum atomic E-state index is -1.02. The molecule has 0 heterocycles. The lowest BCUT2D eigenvalue weighted by molar-refractivity contribution is -0.139. The summed E-state index contributed by atoms with van der Waals surface area (Å²) in [5, 5.41) is 11.3. The number of nitrogens with one attached hydrogen (secondary N) is 1. The van der Waals surface area contributed by atoms with Gasteiger partial charge in [-0.1, -0.05) is 6.90 Å². The van der Waals surface area contributed by atoms with Gasteiger partial charge in [0.15, 0.2) is 0 Å². The molecule has 4 N–H and O–H groups in total. The largest absolute Gasteiger partial charge is 0.480 e. The molecular weight excluding hydrogens is 160 g/mol. The van der Waals surface area contributed by atoms with Crippen LogP contribution in [0.2, 0.25) is 0 Å². The Morgan fingerprint density at radius 1 is 1.75 bits per heavy atom. The standard InChI is InChI=1S/C7H14N2O3/c1-2-9-5(7(11)12)3-4-6(8)10/h5,9H,2-4H2,1H3,(H2,8,10)(H,11,12)/t5-/m0/s1/i1D. The van der Waals surface area contributed by atoms with Crippen LogP contribution in [-0.2, 0) is 9.59 Å². The summed E-state index contributed by atoms with van der Waals surface area (Å²) in [6, 6.07) is -0.780. The maximum Gasteiger partial charge on any atom is 0.320 e. The molecule has 0 aliphatic carbocycles. The second kappa shape index (κ2) is 5.54. The van der Waals surface area contributed by atoms with Crippen LogP contribution in [0.1, 0.15) is 21.1 Å². The fraction of sp³-hybridized carbons (Fsp3) is 0.714. The first-order valence-electron chi connectivity index (χ1n) is 4.32. The van der Waals surface area contributed by atoms with Gasteiger partial charge in [-0.3, -0.25) is 9.59 Å². The number of likely N-dealkylation sites (N-methyl/N-ethyl adjacent to an activating group) is 1. The van der Waals surface area contributed by atoms with Gasteiger partial charge in [0, 0.05) is 7.79 Å². The Balaban J connectivity index is 3.80. The summed E-state index contributed by atoms with van der Waals surface area (Å²) < 4.78 is 6.81. The monoisotopic (exact) mass is 175 g/mol. The molecule has 0 bridgehead atoms. The SMILES string of the molecule is [2H]CCN[C@@H](CCC(N)=O)C(=O)O. The fourth-order valence-electron chi connectivity index (χ4n) is 0.774. The Bertz CT molecular complexity index is 187. The van der Waals surface area contributed by atoms with Crippen LogP contribution in [0.4, 0.5) is 0 Å². The summed E-state index contributed by atoms with van der Waals surface area (Å²) in [6.45, 7) is 0.413. The van der Waals surface area contributed by atoms with Gasteiger partial charge in [-0.05, 0) is 13.0 Å². The van der Waals surface area contributed by atoms with Crippen molar-refractivity contribution in [1.82, 2.24) is 5.32 Å². The zero-order valence-electron chi connectivity index (χ0n) is 7.75. The molecule has 70 valence electrons. The Morgan fingerprint density at radius 2 is 2.42 bits per heavy atom. The van der Waals surface area contributed by atoms with E-state index >= 15 is 0 Å². The number of primary amides is 1. The lowest BCUT2D eigenvalue weighted by atomic mass is 10.1. The highest BCUT2D eigenvalue weighted by Gasteiger charge is 2.15. The number of aliphatic carboxylic acids is 1. The summed E-state index contributed by atoms with van der Waals surface area (Å²) in [5.74, 6) is -1.53. The van der Waals surface area contributed by atoms with Crippen molar-refractivity contribution in [3.8, 4) is 0 Å². The molecule has 0 unspecified atom stereocenters. The minimum Gasteiger partial charge on any atom is -0.480 e. The van der Waals surface area contributed by atoms with E-state index in [4.69, 9.17) is 12.2 Å². The number of amides is 1. The average molecular weight is 175 g/mol. The van der Waals surface area contributed by atoms with Crippen LogP contribution in [0.15, 0.2) is 0 Å². The van der Waals surface area contributed by atoms with Gasteiger partial charge in [0.25, 0.3) is 0 Å². The third kappa shape index (κ3) is 4.68. The molecule has 0 aromatic rings. The first-order valence-corrected chi connectivity index (χ1v) is 3.61. The van der Waals surface area contributed by atoms with Crippen molar-refractivity contribution in [2.24, 2.45) is 5.73 Å². The molecule has 0 aliphatic rings. The van der Waals surface area contributed by atoms with Gasteiger partial charge in [0.1, 0.15) is 6.04 Å². The van der Waals surface area contributed by atoms with Gasteiger partial charge in [0.2, 0.25) is 5.91 Å². The van der Waals surface area contributed by atoms with Crippen molar-refractivity contribution < 1.29 is 16.1 Å². The van der Waals surface area contributed by atoms with Crippen molar-refractivity contribution in [3.05, 3.63) is 0 Å². The molecule has 5 heteroatoms. The van der Waals surface area contributed by atoms with Crippen molar-refractivity contribution in [2.45, 2.75) is 25.8 Å². The van der Waals surface area contributed by atoms with Crippen LogP contribution in [0.3, 0.4) is 0 Å². The van der Waals surface area contributed by atoms with Gasteiger partial charge < -0.3 is 16.2 Å². The summed E-state index contributed by atoms with van der Waals surface area (Å²) in [7, 11) is 0. The lowest BCUT2D eigenvalue weighted by Gasteiger charge is -2.10. The molecule has 0 spiro atoms. The van der Waals surface area contributed by atoms with E-state index < -0.39 is 17.9 Å². The van der Waals surface area contributed by atoms with Crippen LogP contribution >= 0.6 is 0 Å². The van der Waals surface area contributed by atoms with E-state index in [0.717, 1.165) is 0 Å². The molecule has 0 saturated carbocycles. The molecule has 1 amide bonds. The third-order valence-corrected chi connectivity index (χ3v) is 1.37. The van der Waals surface area contributed by atoms with Crippen molar-refractivity contribution in [3.63, 3.8) is 0 Å². The molecule has 0 rings (SSSR count). The van der Waals surface area contributed by atoms with E-state index in [1.165, 1.54) is 0 Å². The lowest BCUT2D eigenvalue weighted by Crippen LogP contribution is -2.37. The predicted molar refractivity (Wildman–Crippen MR) is 43.5 cm³/mol. The van der Waals surface area contributed by atoms with E-state index in [2.05, 4.69) is 5.32 Å². The molecule has 1 atom stereocenters. The normalized spacial score (nSPS) is 13.5. The van der Waals surface area contributed by atoms with E-state index in [0.29, 0.717) is 6.54 Å². The summed E-state index contributed by atoms with van der Waals surface area (Å²) in [6.07, 6.45) is 0.215. The first-order chi connectivity index (χ1) is 6.07. The Labute approximate surface area is 72.3 Å². The maximum absolute atomic E-state index is 10.5. The van der Waals surface area contributed by atoms with Crippen LogP contribution in [-0.4, -0.2) is 29.6 Å². The zero-order valence-corrected chi connectivity index (χ0v) is 6.75. The Hall–Kier alpha value is -1.10. The van der Waals surface area contributed by atoms with Gasteiger partial charge >= 0.3 is 5.97 Å². The van der Waals surface area contributed by atoms with Crippen LogP contribution in [0.5, 0.6) is 0 Å². The topological polar surface area (TPSA) is 92.4 Å². The molecule has 0 fully saturated rings. The van der Waals surface area contributed by atoms with Gasteiger partial charge in [-0.15, -0.1) is 0 Å². The van der Waals surface area contributed by atoms with Crippen molar-refractivity contribution in [2.75, 3.05) is 6.54 Å². The molecule has 0 aliphatic heterocycles. The number of carboxylic acid groups (broad SMARTS) is 1. The number of nitrogens with two attached hydrogens (primary N) is 1. The number of rotatable bonds is 6. The van der Waals surface area contributed by atoms with Crippen molar-refractivity contribution in [1.29, 1.82) is 0 Å².